The van der Waals surface area contributed by atoms with E-state index in [1.807, 2.05) is 30.5 Å². The highest BCUT2D eigenvalue weighted by molar-refractivity contribution is 5.96. The van der Waals surface area contributed by atoms with Gasteiger partial charge in [-0.2, -0.15) is 5.10 Å². The summed E-state index contributed by atoms with van der Waals surface area (Å²) in [7, 11) is 1.62. The minimum absolute atomic E-state index is 0.110. The van der Waals surface area contributed by atoms with Gasteiger partial charge in [-0.05, 0) is 93.4 Å². The molecule has 1 fully saturated rings. The molecular weight excluding hydrogens is 486 g/mol. The molecule has 7 nitrogen and oxygen atoms in total. The molecule has 4 aromatic rings. The van der Waals surface area contributed by atoms with Gasteiger partial charge in [-0.25, -0.2) is 4.98 Å². The van der Waals surface area contributed by atoms with Crippen molar-refractivity contribution in [2.45, 2.75) is 51.0 Å². The number of carbonyl (C=O) groups excluding carboxylic acids is 1. The Morgan fingerprint density at radius 3 is 2.51 bits per heavy atom. The zero-order chi connectivity index (χ0) is 26.8. The first kappa shape index (κ1) is 25.7. The summed E-state index contributed by atoms with van der Waals surface area (Å²) in [5.41, 5.74) is 8.73. The molecule has 2 aromatic carbocycles. The maximum Gasteiger partial charge on any atom is 0.251 e. The third-order valence-corrected chi connectivity index (χ3v) is 8.71. The predicted octanol–water partition coefficient (Wildman–Crippen LogP) is 5.40. The monoisotopic (exact) mass is 523 g/mol. The van der Waals surface area contributed by atoms with Crippen molar-refractivity contribution in [2.75, 3.05) is 33.4 Å². The second-order valence-electron chi connectivity index (χ2n) is 11.2. The largest absolute Gasteiger partial charge is 0.383 e. The molecule has 1 saturated heterocycles. The van der Waals surface area contributed by atoms with E-state index < -0.39 is 0 Å². The fourth-order valence-electron chi connectivity index (χ4n) is 6.22. The summed E-state index contributed by atoms with van der Waals surface area (Å²) in [6.07, 6.45) is 9.32. The molecule has 0 saturated carbocycles. The summed E-state index contributed by atoms with van der Waals surface area (Å²) < 4.78 is 5.01. The minimum Gasteiger partial charge on any atom is -0.383 e. The molecule has 2 N–H and O–H groups in total. The van der Waals surface area contributed by atoms with Crippen molar-refractivity contribution in [1.82, 2.24) is 25.4 Å². The molecule has 2 aliphatic rings. The molecule has 7 heteroatoms. The number of aromatic nitrogens is 3. The van der Waals surface area contributed by atoms with Crippen molar-refractivity contribution in [1.29, 1.82) is 0 Å². The minimum atomic E-state index is -0.110. The summed E-state index contributed by atoms with van der Waals surface area (Å²) in [5.74, 6) is -0.110. The van der Waals surface area contributed by atoms with Gasteiger partial charge in [-0.15, -0.1) is 0 Å². The van der Waals surface area contributed by atoms with Gasteiger partial charge in [0.05, 0.1) is 12.3 Å². The zero-order valence-corrected chi connectivity index (χ0v) is 22.9. The maximum absolute atomic E-state index is 12.4. The first-order valence-corrected chi connectivity index (χ1v) is 14.1. The number of aromatic amines is 1. The lowest BCUT2D eigenvalue weighted by Crippen LogP contribution is -2.44. The molecule has 1 amide bonds. The van der Waals surface area contributed by atoms with Crippen molar-refractivity contribution >= 4 is 16.9 Å². The van der Waals surface area contributed by atoms with Gasteiger partial charge in [0.1, 0.15) is 0 Å². The number of ether oxygens (including phenoxy) is 1. The van der Waals surface area contributed by atoms with E-state index in [-0.39, 0.29) is 5.91 Å². The molecule has 3 heterocycles. The van der Waals surface area contributed by atoms with Crippen LogP contribution in [-0.2, 0) is 17.6 Å². The SMILES string of the molecule is COCCNC(=O)c1ccc(-c2[nH]nc3ncc(-c4ccc5c(c4)CCC(C)(N4CCCC4)CC5)cc23)cc1. The highest BCUT2D eigenvalue weighted by Crippen LogP contribution is 2.36. The number of carbonyl (C=O) groups is 1. The number of nitrogens with one attached hydrogen (secondary N) is 2. The number of amides is 1. The predicted molar refractivity (Wildman–Crippen MR) is 155 cm³/mol. The molecule has 202 valence electrons. The lowest BCUT2D eigenvalue weighted by atomic mass is 9.90. The Hall–Kier alpha value is -3.55. The third kappa shape index (κ3) is 5.21. The third-order valence-electron chi connectivity index (χ3n) is 8.71. The molecule has 0 bridgehead atoms. The lowest BCUT2D eigenvalue weighted by molar-refractivity contribution is 0.0937. The van der Waals surface area contributed by atoms with Crippen LogP contribution in [0.15, 0.2) is 54.7 Å². The fourth-order valence-corrected chi connectivity index (χ4v) is 6.22. The van der Waals surface area contributed by atoms with Crippen LogP contribution in [0.3, 0.4) is 0 Å². The molecule has 0 spiro atoms. The first-order chi connectivity index (χ1) is 19.0. The summed E-state index contributed by atoms with van der Waals surface area (Å²) in [6, 6.07) is 16.7. The number of likely N-dealkylation sites (tertiary alicyclic amines) is 1. The molecule has 2 aromatic heterocycles. The van der Waals surface area contributed by atoms with E-state index in [0.29, 0.717) is 29.9 Å². The van der Waals surface area contributed by atoms with E-state index >= 15 is 0 Å². The fraction of sp³-hybridized carbons (Fsp3) is 0.406. The topological polar surface area (TPSA) is 83.1 Å². The second-order valence-corrected chi connectivity index (χ2v) is 11.2. The van der Waals surface area contributed by atoms with Gasteiger partial charge in [0.2, 0.25) is 0 Å². The molecule has 0 radical (unpaired) electrons. The highest BCUT2D eigenvalue weighted by atomic mass is 16.5. The van der Waals surface area contributed by atoms with Gasteiger partial charge >= 0.3 is 0 Å². The second kappa shape index (κ2) is 10.9. The average Bonchev–Trinajstić information content (AvgIpc) is 3.63. The van der Waals surface area contributed by atoms with E-state index in [4.69, 9.17) is 4.74 Å². The smallest absolute Gasteiger partial charge is 0.251 e. The summed E-state index contributed by atoms with van der Waals surface area (Å²) in [6.45, 7) is 5.95. The molecular formula is C32H37N5O2. The van der Waals surface area contributed by atoms with Crippen molar-refractivity contribution in [3.63, 3.8) is 0 Å². The Morgan fingerprint density at radius 1 is 1.00 bits per heavy atom. The van der Waals surface area contributed by atoms with Gasteiger partial charge < -0.3 is 10.1 Å². The number of hydrogen-bond donors (Lipinski definition) is 2. The first-order valence-electron chi connectivity index (χ1n) is 14.1. The highest BCUT2D eigenvalue weighted by Gasteiger charge is 2.34. The average molecular weight is 524 g/mol. The molecule has 1 aliphatic heterocycles. The number of nitrogens with zero attached hydrogens (tertiary/aromatic N) is 3. The van der Waals surface area contributed by atoms with Crippen LogP contribution in [-0.4, -0.2) is 64.9 Å². The number of benzene rings is 2. The van der Waals surface area contributed by atoms with Crippen molar-refractivity contribution in [2.24, 2.45) is 0 Å². The molecule has 39 heavy (non-hydrogen) atoms. The van der Waals surface area contributed by atoms with Crippen LogP contribution >= 0.6 is 0 Å². The Balaban J connectivity index is 1.24. The van der Waals surface area contributed by atoms with Gasteiger partial charge in [0.25, 0.3) is 5.91 Å². The number of hydrogen-bond acceptors (Lipinski definition) is 5. The Labute approximate surface area is 230 Å². The van der Waals surface area contributed by atoms with E-state index in [0.717, 1.165) is 35.0 Å². The number of methoxy groups -OCH3 is 1. The van der Waals surface area contributed by atoms with Crippen molar-refractivity contribution < 1.29 is 9.53 Å². The Kier molecular flexibility index (Phi) is 7.19. The molecule has 1 atom stereocenters. The summed E-state index contributed by atoms with van der Waals surface area (Å²) >= 11 is 0. The van der Waals surface area contributed by atoms with Crippen LogP contribution in [0.2, 0.25) is 0 Å². The van der Waals surface area contributed by atoms with Gasteiger partial charge in [-0.3, -0.25) is 14.8 Å². The van der Waals surface area contributed by atoms with Crippen LogP contribution < -0.4 is 5.32 Å². The van der Waals surface area contributed by atoms with Crippen LogP contribution in [0.1, 0.15) is 54.1 Å². The van der Waals surface area contributed by atoms with Crippen LogP contribution in [0.4, 0.5) is 0 Å². The van der Waals surface area contributed by atoms with E-state index in [1.54, 1.807) is 7.11 Å². The standard InChI is InChI=1S/C32H37N5O2/c1-32(37-16-3-4-17-37)13-11-22-5-10-25(19-26(22)12-14-32)27-20-28-29(35-36-30(28)34-21-27)23-6-8-24(9-7-23)31(38)33-15-18-39-2/h5-10,19-21H,3-4,11-18H2,1-2H3,(H,33,38)(H,34,35,36). The van der Waals surface area contributed by atoms with E-state index in [9.17, 15) is 4.79 Å². The van der Waals surface area contributed by atoms with Crippen molar-refractivity contribution in [3.05, 3.63) is 71.4 Å². The van der Waals surface area contributed by atoms with Gasteiger partial charge in [0.15, 0.2) is 5.65 Å². The van der Waals surface area contributed by atoms with E-state index in [1.165, 1.54) is 55.5 Å². The van der Waals surface area contributed by atoms with Crippen LogP contribution in [0.5, 0.6) is 0 Å². The summed E-state index contributed by atoms with van der Waals surface area (Å²) in [4.78, 5) is 19.8. The Morgan fingerprint density at radius 2 is 1.74 bits per heavy atom. The number of aryl methyl sites for hydroxylation is 2. The molecule has 1 aliphatic carbocycles. The van der Waals surface area contributed by atoms with Crippen LogP contribution in [0.25, 0.3) is 33.4 Å². The normalized spacial score (nSPS) is 19.6. The van der Waals surface area contributed by atoms with Crippen LogP contribution in [0, 0.1) is 0 Å². The quantitative estimate of drug-likeness (QED) is 0.250. The Bertz CT molecular complexity index is 1470. The van der Waals surface area contributed by atoms with Gasteiger partial charge in [-0.1, -0.05) is 30.3 Å². The number of H-pyrrole nitrogens is 1. The zero-order valence-electron chi connectivity index (χ0n) is 22.9. The van der Waals surface area contributed by atoms with E-state index in [2.05, 4.69) is 56.6 Å². The number of pyridine rings is 1. The summed E-state index contributed by atoms with van der Waals surface area (Å²) in [5, 5.41) is 11.4. The van der Waals surface area contributed by atoms with Crippen molar-refractivity contribution in [3.8, 4) is 22.4 Å². The molecule has 6 rings (SSSR count). The number of rotatable bonds is 7. The number of fused-ring (bicyclic) bond motifs is 2. The van der Waals surface area contributed by atoms with Gasteiger partial charge in [0, 0.05) is 47.5 Å². The lowest BCUT2D eigenvalue weighted by Gasteiger charge is -2.38. The maximum atomic E-state index is 12.4. The molecule has 1 unspecified atom stereocenters.